The molecule has 5 rings (SSSR count). The van der Waals surface area contributed by atoms with Crippen LogP contribution in [0.3, 0.4) is 0 Å². The zero-order chi connectivity index (χ0) is 24.4. The summed E-state index contributed by atoms with van der Waals surface area (Å²) in [5, 5.41) is 6.69. The van der Waals surface area contributed by atoms with E-state index in [9.17, 15) is 9.18 Å². The van der Waals surface area contributed by atoms with Crippen LogP contribution in [0.2, 0.25) is 0 Å². The van der Waals surface area contributed by atoms with Gasteiger partial charge in [0.15, 0.2) is 0 Å². The minimum Gasteiger partial charge on any atom is -0.486 e. The van der Waals surface area contributed by atoms with Crippen molar-refractivity contribution in [2.75, 3.05) is 30.8 Å². The van der Waals surface area contributed by atoms with E-state index < -0.39 is 5.82 Å². The number of hydrogen-bond donors (Lipinski definition) is 2. The van der Waals surface area contributed by atoms with Crippen molar-refractivity contribution in [2.24, 2.45) is 0 Å². The molecular formula is C25H22FN7O2. The number of amides is 1. The zero-order valence-corrected chi connectivity index (χ0v) is 18.9. The third kappa shape index (κ3) is 4.92. The lowest BCUT2D eigenvalue weighted by Crippen LogP contribution is -2.51. The Morgan fingerprint density at radius 1 is 1.20 bits per heavy atom. The van der Waals surface area contributed by atoms with E-state index in [2.05, 4.69) is 42.0 Å². The summed E-state index contributed by atoms with van der Waals surface area (Å²) in [5.41, 5.74) is 2.70. The molecule has 1 saturated heterocycles. The molecule has 0 aliphatic carbocycles. The molecule has 176 valence electrons. The number of carbonyl (C=O) groups is 1. The number of halogens is 1. The number of carbonyl (C=O) groups excluding carboxylic acids is 1. The van der Waals surface area contributed by atoms with Gasteiger partial charge in [0.1, 0.15) is 23.2 Å². The molecule has 10 heteroatoms. The van der Waals surface area contributed by atoms with Gasteiger partial charge in [0.2, 0.25) is 11.9 Å². The van der Waals surface area contributed by atoms with Crippen LogP contribution in [0.5, 0.6) is 5.75 Å². The van der Waals surface area contributed by atoms with Crippen molar-refractivity contribution in [3.05, 3.63) is 73.6 Å². The van der Waals surface area contributed by atoms with Crippen LogP contribution in [0.4, 0.5) is 21.7 Å². The molecule has 1 aliphatic rings. The van der Waals surface area contributed by atoms with Gasteiger partial charge in [-0.25, -0.2) is 14.4 Å². The maximum Gasteiger partial charge on any atom is 0.247 e. The molecule has 1 aromatic carbocycles. The lowest BCUT2D eigenvalue weighted by Gasteiger charge is -2.36. The average Bonchev–Trinajstić information content (AvgIpc) is 2.84. The number of fused-ring (bicyclic) bond motifs is 1. The topological polar surface area (TPSA) is 105 Å². The van der Waals surface area contributed by atoms with Gasteiger partial charge in [-0.05, 0) is 43.5 Å². The first-order valence-electron chi connectivity index (χ1n) is 10.9. The molecule has 1 amide bonds. The number of aromatic nitrogens is 4. The highest BCUT2D eigenvalue weighted by atomic mass is 19.1. The summed E-state index contributed by atoms with van der Waals surface area (Å²) in [6.45, 7) is 5.15. The number of nitrogens with zero attached hydrogens (tertiary/aromatic N) is 5. The quantitative estimate of drug-likeness (QED) is 0.393. The number of benzene rings is 1. The van der Waals surface area contributed by atoms with Crippen LogP contribution < -0.4 is 15.4 Å². The normalized spacial score (nSPS) is 13.8. The average molecular weight is 471 g/mol. The first-order chi connectivity index (χ1) is 17.0. The SMILES string of the molecule is C=CC(=O)Nc1cc(Nc2ncc3ccnc(-c4cncc(F)c4)c3n2)ccc1OC1CN(C)C1. The predicted octanol–water partition coefficient (Wildman–Crippen LogP) is 3.79. The highest BCUT2D eigenvalue weighted by molar-refractivity contribution is 6.00. The number of nitrogens with one attached hydrogen (secondary N) is 2. The Balaban J connectivity index is 1.45. The lowest BCUT2D eigenvalue weighted by atomic mass is 10.1. The molecule has 3 aromatic heterocycles. The van der Waals surface area contributed by atoms with Crippen molar-refractivity contribution in [3.8, 4) is 17.0 Å². The van der Waals surface area contributed by atoms with Gasteiger partial charge in [0.25, 0.3) is 0 Å². The molecule has 0 bridgehead atoms. The first kappa shape index (κ1) is 22.4. The number of anilines is 3. The summed E-state index contributed by atoms with van der Waals surface area (Å²) < 4.78 is 19.8. The molecule has 1 fully saturated rings. The number of pyridine rings is 2. The van der Waals surface area contributed by atoms with E-state index in [1.807, 2.05) is 13.1 Å². The maximum absolute atomic E-state index is 13.7. The molecule has 0 atom stereocenters. The van der Waals surface area contributed by atoms with Gasteiger partial charge in [0, 0.05) is 48.3 Å². The second-order valence-corrected chi connectivity index (χ2v) is 8.17. The van der Waals surface area contributed by atoms with Crippen molar-refractivity contribution in [1.82, 2.24) is 24.8 Å². The van der Waals surface area contributed by atoms with Crippen LogP contribution >= 0.6 is 0 Å². The Hall–Kier alpha value is -4.44. The minimum absolute atomic E-state index is 0.0604. The summed E-state index contributed by atoms with van der Waals surface area (Å²) in [5.74, 6) is 0.0672. The van der Waals surface area contributed by atoms with Crippen LogP contribution in [-0.2, 0) is 4.79 Å². The van der Waals surface area contributed by atoms with Crippen LogP contribution in [0.1, 0.15) is 0 Å². The van der Waals surface area contributed by atoms with Crippen molar-refractivity contribution in [3.63, 3.8) is 0 Å². The van der Waals surface area contributed by atoms with Crippen LogP contribution in [0.15, 0.2) is 67.8 Å². The fourth-order valence-electron chi connectivity index (χ4n) is 3.79. The Morgan fingerprint density at radius 3 is 2.83 bits per heavy atom. The second-order valence-electron chi connectivity index (χ2n) is 8.17. The molecule has 0 unspecified atom stereocenters. The van der Waals surface area contributed by atoms with Gasteiger partial charge >= 0.3 is 0 Å². The van der Waals surface area contributed by atoms with E-state index in [4.69, 9.17) is 4.74 Å². The van der Waals surface area contributed by atoms with E-state index in [1.54, 1.807) is 30.6 Å². The molecule has 4 aromatic rings. The van der Waals surface area contributed by atoms with Gasteiger partial charge in [-0.15, -0.1) is 0 Å². The molecule has 1 aliphatic heterocycles. The van der Waals surface area contributed by atoms with Crippen molar-refractivity contribution >= 4 is 34.1 Å². The number of ether oxygens (including phenoxy) is 1. The van der Waals surface area contributed by atoms with Crippen LogP contribution in [0.25, 0.3) is 22.2 Å². The van der Waals surface area contributed by atoms with Gasteiger partial charge in [-0.1, -0.05) is 6.58 Å². The Kier molecular flexibility index (Phi) is 6.02. The monoisotopic (exact) mass is 471 g/mol. The lowest BCUT2D eigenvalue weighted by molar-refractivity contribution is -0.111. The van der Waals surface area contributed by atoms with Gasteiger partial charge < -0.3 is 15.4 Å². The summed E-state index contributed by atoms with van der Waals surface area (Å²) >= 11 is 0. The number of rotatable bonds is 7. The van der Waals surface area contributed by atoms with Gasteiger partial charge in [-0.3, -0.25) is 19.7 Å². The summed E-state index contributed by atoms with van der Waals surface area (Å²) in [6.07, 6.45) is 7.21. The van der Waals surface area contributed by atoms with Crippen molar-refractivity contribution in [2.45, 2.75) is 6.10 Å². The number of likely N-dealkylation sites (tertiary alicyclic amines) is 1. The minimum atomic E-state index is -0.460. The molecule has 2 N–H and O–H groups in total. The molecule has 9 nitrogen and oxygen atoms in total. The molecular weight excluding hydrogens is 449 g/mol. The largest absolute Gasteiger partial charge is 0.486 e. The van der Waals surface area contributed by atoms with E-state index in [1.165, 1.54) is 18.3 Å². The summed E-state index contributed by atoms with van der Waals surface area (Å²) in [6, 6.07) is 8.48. The van der Waals surface area contributed by atoms with Crippen molar-refractivity contribution in [1.29, 1.82) is 0 Å². The first-order valence-corrected chi connectivity index (χ1v) is 10.9. The molecule has 0 radical (unpaired) electrons. The maximum atomic E-state index is 13.7. The van der Waals surface area contributed by atoms with Gasteiger partial charge in [0.05, 0.1) is 17.6 Å². The number of likely N-dealkylation sites (N-methyl/N-ethyl adjacent to an activating group) is 1. The predicted molar refractivity (Wildman–Crippen MR) is 131 cm³/mol. The third-order valence-corrected chi connectivity index (χ3v) is 5.48. The number of hydrogen-bond acceptors (Lipinski definition) is 8. The van der Waals surface area contributed by atoms with E-state index in [0.29, 0.717) is 39.8 Å². The third-order valence-electron chi connectivity index (χ3n) is 5.48. The highest BCUT2D eigenvalue weighted by Gasteiger charge is 2.26. The Bertz CT molecular complexity index is 1420. The smallest absolute Gasteiger partial charge is 0.247 e. The fraction of sp³-hybridized carbons (Fsp3) is 0.160. The van der Waals surface area contributed by atoms with Crippen LogP contribution in [-0.4, -0.2) is 57.0 Å². The highest BCUT2D eigenvalue weighted by Crippen LogP contribution is 2.32. The Morgan fingerprint density at radius 2 is 2.06 bits per heavy atom. The van der Waals surface area contributed by atoms with Crippen LogP contribution in [0, 0.1) is 5.82 Å². The molecule has 4 heterocycles. The van der Waals surface area contributed by atoms with E-state index in [-0.39, 0.29) is 12.0 Å². The summed E-state index contributed by atoms with van der Waals surface area (Å²) in [7, 11) is 2.02. The Labute approximate surface area is 200 Å². The zero-order valence-electron chi connectivity index (χ0n) is 18.9. The van der Waals surface area contributed by atoms with Crippen molar-refractivity contribution < 1.29 is 13.9 Å². The summed E-state index contributed by atoms with van der Waals surface area (Å²) in [4.78, 5) is 31.4. The standard InChI is InChI=1S/C25H22FN7O2/c1-3-22(34)31-20-9-18(4-5-21(20)35-19-13-33(2)14-19)30-25-29-11-15-6-7-28-23(24(15)32-25)16-8-17(26)12-27-10-16/h3-12,19H,1,13-14H2,2H3,(H,31,34)(H,29,30,32). The van der Waals surface area contributed by atoms with E-state index in [0.717, 1.165) is 24.7 Å². The second kappa shape index (κ2) is 9.43. The van der Waals surface area contributed by atoms with E-state index >= 15 is 0 Å². The molecule has 0 saturated carbocycles. The fourth-order valence-corrected chi connectivity index (χ4v) is 3.79. The molecule has 0 spiro atoms. The van der Waals surface area contributed by atoms with Gasteiger partial charge in [-0.2, -0.15) is 0 Å². The molecule has 35 heavy (non-hydrogen) atoms.